The summed E-state index contributed by atoms with van der Waals surface area (Å²) in [6, 6.07) is 5.31. The van der Waals surface area contributed by atoms with E-state index < -0.39 is 0 Å². The molecule has 1 aromatic carbocycles. The van der Waals surface area contributed by atoms with Gasteiger partial charge in [-0.15, -0.1) is 0 Å². The maximum Gasteiger partial charge on any atom is 0.262 e. The molecule has 0 aromatic heterocycles. The van der Waals surface area contributed by atoms with Gasteiger partial charge in [0, 0.05) is 23.7 Å². The third-order valence-corrected chi connectivity index (χ3v) is 6.10. The molecule has 0 bridgehead atoms. The predicted molar refractivity (Wildman–Crippen MR) is 117 cm³/mol. The number of aryl methyl sites for hydroxylation is 1. The second-order valence-electron chi connectivity index (χ2n) is 10.1. The lowest BCUT2D eigenvalue weighted by atomic mass is 9.79. The van der Waals surface area contributed by atoms with Crippen LogP contribution in [0.25, 0.3) is 0 Å². The van der Waals surface area contributed by atoms with E-state index >= 15 is 0 Å². The minimum absolute atomic E-state index is 0.0766. The number of piperidine rings is 1. The van der Waals surface area contributed by atoms with Crippen LogP contribution in [0.15, 0.2) is 18.2 Å². The first kappa shape index (κ1) is 22.5. The Bertz CT molecular complexity index is 843. The zero-order chi connectivity index (χ0) is 22.3. The molecule has 30 heavy (non-hydrogen) atoms. The molecule has 2 aliphatic rings. The number of carbonyl (C=O) groups is 3. The molecule has 1 aromatic rings. The van der Waals surface area contributed by atoms with Crippen molar-refractivity contribution in [3.05, 3.63) is 34.9 Å². The number of amides is 3. The predicted octanol–water partition coefficient (Wildman–Crippen LogP) is 3.53. The maximum atomic E-state index is 13.4. The van der Waals surface area contributed by atoms with E-state index in [2.05, 4.69) is 39.9 Å². The van der Waals surface area contributed by atoms with Gasteiger partial charge in [0.1, 0.15) is 6.54 Å². The van der Waals surface area contributed by atoms with Crippen molar-refractivity contribution in [3.8, 4) is 0 Å². The second-order valence-corrected chi connectivity index (χ2v) is 10.1. The van der Waals surface area contributed by atoms with Gasteiger partial charge in [-0.3, -0.25) is 19.3 Å². The summed E-state index contributed by atoms with van der Waals surface area (Å²) in [6.07, 6.45) is 3.56. The number of benzene rings is 1. The van der Waals surface area contributed by atoms with Crippen LogP contribution in [0.4, 0.5) is 0 Å². The minimum atomic E-state index is -0.371. The number of imide groups is 1. The average Bonchev–Trinajstić information content (AvgIpc) is 2.84. The molecule has 0 saturated carbocycles. The first-order chi connectivity index (χ1) is 13.9. The Morgan fingerprint density at radius 2 is 1.70 bits per heavy atom. The minimum Gasteiger partial charge on any atom is -0.338 e. The zero-order valence-electron chi connectivity index (χ0n) is 19.2. The Morgan fingerprint density at radius 3 is 2.30 bits per heavy atom. The summed E-state index contributed by atoms with van der Waals surface area (Å²) in [5.41, 5.74) is 1.53. The van der Waals surface area contributed by atoms with Crippen LogP contribution in [0, 0.1) is 6.92 Å². The van der Waals surface area contributed by atoms with E-state index in [4.69, 9.17) is 0 Å². The lowest BCUT2D eigenvalue weighted by Crippen LogP contribution is -2.63. The molecule has 1 fully saturated rings. The Morgan fingerprint density at radius 1 is 1.10 bits per heavy atom. The van der Waals surface area contributed by atoms with Crippen LogP contribution < -0.4 is 5.32 Å². The van der Waals surface area contributed by atoms with E-state index in [-0.39, 0.29) is 41.4 Å². The van der Waals surface area contributed by atoms with Gasteiger partial charge in [0.05, 0.1) is 11.1 Å². The summed E-state index contributed by atoms with van der Waals surface area (Å²) in [5, 5.41) is 3.66. The van der Waals surface area contributed by atoms with Gasteiger partial charge in [-0.1, -0.05) is 25.0 Å². The normalized spacial score (nSPS) is 20.4. The standard InChI is InChI=1S/C24H35N3O3/c1-7-8-11-26(17-13-23(3,4)25-24(5,6)14-17)20(28)15-27-21(29)18-10-9-16(2)12-19(18)22(27)30/h9-10,12,17,25H,7-8,11,13-15H2,1-6H3. The van der Waals surface area contributed by atoms with Crippen LogP contribution in [0.5, 0.6) is 0 Å². The van der Waals surface area contributed by atoms with Gasteiger partial charge in [-0.05, 0) is 66.0 Å². The van der Waals surface area contributed by atoms with Gasteiger partial charge in [-0.25, -0.2) is 0 Å². The van der Waals surface area contributed by atoms with Crippen LogP contribution >= 0.6 is 0 Å². The summed E-state index contributed by atoms with van der Waals surface area (Å²) < 4.78 is 0. The summed E-state index contributed by atoms with van der Waals surface area (Å²) in [5.74, 6) is -0.883. The molecule has 0 spiro atoms. The SMILES string of the molecule is CCCCN(C(=O)CN1C(=O)c2ccc(C)cc2C1=O)C1CC(C)(C)NC(C)(C)C1. The van der Waals surface area contributed by atoms with E-state index in [1.165, 1.54) is 0 Å². The summed E-state index contributed by atoms with van der Waals surface area (Å²) in [6.45, 7) is 13.1. The molecule has 1 saturated heterocycles. The molecule has 2 aliphatic heterocycles. The fourth-order valence-electron chi connectivity index (χ4n) is 5.10. The van der Waals surface area contributed by atoms with E-state index in [0.717, 1.165) is 36.1 Å². The molecule has 0 atom stereocenters. The van der Waals surface area contributed by atoms with Crippen molar-refractivity contribution < 1.29 is 14.4 Å². The van der Waals surface area contributed by atoms with Crippen molar-refractivity contribution >= 4 is 17.7 Å². The van der Waals surface area contributed by atoms with Crippen molar-refractivity contribution in [2.24, 2.45) is 0 Å². The quantitative estimate of drug-likeness (QED) is 0.725. The lowest BCUT2D eigenvalue weighted by molar-refractivity contribution is -0.135. The number of hydrogen-bond donors (Lipinski definition) is 1. The lowest BCUT2D eigenvalue weighted by Gasteiger charge is -2.49. The van der Waals surface area contributed by atoms with Crippen molar-refractivity contribution in [1.29, 1.82) is 0 Å². The molecule has 0 radical (unpaired) electrons. The topological polar surface area (TPSA) is 69.7 Å². The van der Waals surface area contributed by atoms with Crippen molar-refractivity contribution in [3.63, 3.8) is 0 Å². The number of nitrogens with one attached hydrogen (secondary N) is 1. The third kappa shape index (κ3) is 4.59. The number of hydrogen-bond acceptors (Lipinski definition) is 4. The number of rotatable bonds is 6. The van der Waals surface area contributed by atoms with Crippen LogP contribution in [-0.2, 0) is 4.79 Å². The Kier molecular flexibility index (Phi) is 6.10. The zero-order valence-corrected chi connectivity index (χ0v) is 19.2. The summed E-state index contributed by atoms with van der Waals surface area (Å²) >= 11 is 0. The summed E-state index contributed by atoms with van der Waals surface area (Å²) in [7, 11) is 0. The number of fused-ring (bicyclic) bond motifs is 1. The average molecular weight is 414 g/mol. The second kappa shape index (κ2) is 8.14. The highest BCUT2D eigenvalue weighted by Gasteiger charge is 2.43. The number of nitrogens with zero attached hydrogens (tertiary/aromatic N) is 2. The van der Waals surface area contributed by atoms with E-state index in [1.807, 2.05) is 17.9 Å². The molecule has 3 amide bonds. The smallest absolute Gasteiger partial charge is 0.262 e. The molecule has 6 heteroatoms. The van der Waals surface area contributed by atoms with E-state index in [0.29, 0.717) is 17.7 Å². The van der Waals surface area contributed by atoms with Gasteiger partial charge in [0.25, 0.3) is 11.8 Å². The van der Waals surface area contributed by atoms with E-state index in [9.17, 15) is 14.4 Å². The number of unbranched alkanes of at least 4 members (excludes halogenated alkanes) is 1. The first-order valence-electron chi connectivity index (χ1n) is 11.0. The third-order valence-electron chi connectivity index (χ3n) is 6.10. The molecular weight excluding hydrogens is 378 g/mol. The highest BCUT2D eigenvalue weighted by Crippen LogP contribution is 2.32. The van der Waals surface area contributed by atoms with E-state index in [1.54, 1.807) is 12.1 Å². The fraction of sp³-hybridized carbons (Fsp3) is 0.625. The van der Waals surface area contributed by atoms with Gasteiger partial charge < -0.3 is 10.2 Å². The molecule has 2 heterocycles. The molecule has 6 nitrogen and oxygen atoms in total. The molecule has 164 valence electrons. The number of carbonyl (C=O) groups excluding carboxylic acids is 3. The monoisotopic (exact) mass is 413 g/mol. The van der Waals surface area contributed by atoms with Crippen molar-refractivity contribution in [2.45, 2.75) is 84.3 Å². The summed E-state index contributed by atoms with van der Waals surface area (Å²) in [4.78, 5) is 42.1. The molecule has 1 N–H and O–H groups in total. The van der Waals surface area contributed by atoms with Crippen LogP contribution in [0.3, 0.4) is 0 Å². The Balaban J connectivity index is 1.81. The van der Waals surface area contributed by atoms with Crippen LogP contribution in [0.2, 0.25) is 0 Å². The van der Waals surface area contributed by atoms with Gasteiger partial charge >= 0.3 is 0 Å². The van der Waals surface area contributed by atoms with Gasteiger partial charge in [0.2, 0.25) is 5.91 Å². The van der Waals surface area contributed by atoms with Crippen LogP contribution in [0.1, 0.15) is 86.6 Å². The molecule has 0 unspecified atom stereocenters. The molecule has 0 aliphatic carbocycles. The first-order valence-corrected chi connectivity index (χ1v) is 11.0. The van der Waals surface area contributed by atoms with Crippen molar-refractivity contribution in [1.82, 2.24) is 15.1 Å². The largest absolute Gasteiger partial charge is 0.338 e. The van der Waals surface area contributed by atoms with Gasteiger partial charge in [-0.2, -0.15) is 0 Å². The Labute approximate surface area is 180 Å². The fourth-order valence-corrected chi connectivity index (χ4v) is 5.10. The Hall–Kier alpha value is -2.21. The molecular formula is C24H35N3O3. The van der Waals surface area contributed by atoms with Crippen molar-refractivity contribution in [2.75, 3.05) is 13.1 Å². The van der Waals surface area contributed by atoms with Crippen LogP contribution in [-0.4, -0.2) is 57.7 Å². The highest BCUT2D eigenvalue weighted by molar-refractivity contribution is 6.22. The maximum absolute atomic E-state index is 13.4. The van der Waals surface area contributed by atoms with Gasteiger partial charge in [0.15, 0.2) is 0 Å². The molecule has 3 rings (SSSR count). The highest BCUT2D eigenvalue weighted by atomic mass is 16.2.